The number of carbonyl (C=O) groups is 1. The van der Waals surface area contributed by atoms with Gasteiger partial charge in [0.25, 0.3) is 0 Å². The largest absolute Gasteiger partial charge is 0.336 e. The number of nitrogens with zero attached hydrogens (tertiary/aromatic N) is 3. The monoisotopic (exact) mass is 367 g/mol. The van der Waals surface area contributed by atoms with E-state index in [0.29, 0.717) is 18.6 Å². The fourth-order valence-corrected chi connectivity index (χ4v) is 4.34. The van der Waals surface area contributed by atoms with Gasteiger partial charge in [-0.3, -0.25) is 10.2 Å². The van der Waals surface area contributed by atoms with Gasteiger partial charge in [-0.15, -0.1) is 0 Å². The fraction of sp³-hybridized carbons (Fsp3) is 0.524. The van der Waals surface area contributed by atoms with Crippen molar-refractivity contribution in [3.8, 4) is 0 Å². The highest BCUT2D eigenvalue weighted by atomic mass is 16.2. The molecular weight excluding hydrogens is 338 g/mol. The van der Waals surface area contributed by atoms with Crippen LogP contribution < -0.4 is 10.6 Å². The molecule has 1 aromatic heterocycles. The number of carbonyl (C=O) groups excluding carboxylic acids is 1. The van der Waals surface area contributed by atoms with Crippen LogP contribution in [-0.4, -0.2) is 40.3 Å². The summed E-state index contributed by atoms with van der Waals surface area (Å²) in [6, 6.07) is 9.14. The third-order valence-corrected chi connectivity index (χ3v) is 6.00. The molecule has 144 valence electrons. The van der Waals surface area contributed by atoms with Crippen molar-refractivity contribution in [2.45, 2.75) is 57.7 Å². The molecule has 2 N–H and O–H groups in total. The Labute approximate surface area is 160 Å². The van der Waals surface area contributed by atoms with Crippen molar-refractivity contribution >= 4 is 11.8 Å². The Bertz CT molecular complexity index is 809. The van der Waals surface area contributed by atoms with Crippen LogP contribution in [0.15, 0.2) is 30.5 Å². The van der Waals surface area contributed by atoms with Crippen LogP contribution in [0, 0.1) is 6.92 Å². The Hall–Kier alpha value is -2.34. The molecule has 6 heteroatoms. The van der Waals surface area contributed by atoms with Crippen LogP contribution in [0.25, 0.3) is 0 Å². The van der Waals surface area contributed by atoms with E-state index in [2.05, 4.69) is 51.9 Å². The van der Waals surface area contributed by atoms with E-state index in [1.165, 1.54) is 24.0 Å². The van der Waals surface area contributed by atoms with Gasteiger partial charge in [0.05, 0.1) is 12.2 Å². The SMILES string of the molecule is Cc1cnn(C2CCCC2)c1NC(=O)NC[C@@H]1Cc2ccccc2CN1C. The van der Waals surface area contributed by atoms with Gasteiger partial charge >= 0.3 is 6.03 Å². The number of anilines is 1. The third-order valence-electron chi connectivity index (χ3n) is 6.00. The number of likely N-dealkylation sites (N-methyl/N-ethyl adjacent to an activating group) is 1. The zero-order valence-electron chi connectivity index (χ0n) is 16.2. The van der Waals surface area contributed by atoms with Crippen LogP contribution in [0.2, 0.25) is 0 Å². The van der Waals surface area contributed by atoms with Crippen LogP contribution in [0.4, 0.5) is 10.6 Å². The van der Waals surface area contributed by atoms with Crippen molar-refractivity contribution in [3.63, 3.8) is 0 Å². The number of benzene rings is 1. The Morgan fingerprint density at radius 1 is 1.22 bits per heavy atom. The second-order valence-electron chi connectivity index (χ2n) is 7.94. The number of fused-ring (bicyclic) bond motifs is 1. The van der Waals surface area contributed by atoms with Crippen molar-refractivity contribution < 1.29 is 4.79 Å². The van der Waals surface area contributed by atoms with Crippen molar-refractivity contribution in [2.75, 3.05) is 18.9 Å². The Morgan fingerprint density at radius 2 is 1.96 bits per heavy atom. The average Bonchev–Trinajstić information content (AvgIpc) is 3.30. The van der Waals surface area contributed by atoms with E-state index in [1.54, 1.807) is 0 Å². The maximum absolute atomic E-state index is 12.5. The lowest BCUT2D eigenvalue weighted by Crippen LogP contribution is -2.46. The number of hydrogen-bond acceptors (Lipinski definition) is 3. The zero-order valence-corrected chi connectivity index (χ0v) is 16.2. The minimum Gasteiger partial charge on any atom is -0.336 e. The summed E-state index contributed by atoms with van der Waals surface area (Å²) in [5.74, 6) is 0.835. The number of rotatable bonds is 4. The molecule has 2 aromatic rings. The van der Waals surface area contributed by atoms with Gasteiger partial charge in [0.15, 0.2) is 0 Å². The molecule has 1 atom stereocenters. The molecule has 1 aliphatic heterocycles. The topological polar surface area (TPSA) is 62.2 Å². The number of nitrogens with one attached hydrogen (secondary N) is 2. The van der Waals surface area contributed by atoms with Gasteiger partial charge in [0.1, 0.15) is 5.82 Å². The molecular formula is C21H29N5O. The summed E-state index contributed by atoms with van der Waals surface area (Å²) >= 11 is 0. The van der Waals surface area contributed by atoms with Gasteiger partial charge in [-0.05, 0) is 44.4 Å². The Kier molecular flexibility index (Phi) is 5.16. The second kappa shape index (κ2) is 7.72. The van der Waals surface area contributed by atoms with Gasteiger partial charge in [-0.1, -0.05) is 37.1 Å². The second-order valence-corrected chi connectivity index (χ2v) is 7.94. The lowest BCUT2D eigenvalue weighted by molar-refractivity contribution is 0.207. The van der Waals surface area contributed by atoms with Gasteiger partial charge in [-0.2, -0.15) is 5.10 Å². The summed E-state index contributed by atoms with van der Waals surface area (Å²) in [6.45, 7) is 3.56. The van der Waals surface area contributed by atoms with Crippen LogP contribution >= 0.6 is 0 Å². The van der Waals surface area contributed by atoms with Gasteiger partial charge in [-0.25, -0.2) is 9.48 Å². The zero-order chi connectivity index (χ0) is 18.8. The average molecular weight is 367 g/mol. The van der Waals surface area contributed by atoms with Crippen molar-refractivity contribution in [2.24, 2.45) is 0 Å². The van der Waals surface area contributed by atoms with Crippen LogP contribution in [0.1, 0.15) is 48.4 Å². The first-order valence-corrected chi connectivity index (χ1v) is 9.98. The van der Waals surface area contributed by atoms with Gasteiger partial charge < -0.3 is 5.32 Å². The molecule has 0 bridgehead atoms. The highest BCUT2D eigenvalue weighted by Crippen LogP contribution is 2.32. The van der Waals surface area contributed by atoms with Gasteiger partial charge in [0.2, 0.25) is 0 Å². The van der Waals surface area contributed by atoms with Crippen LogP contribution in [-0.2, 0) is 13.0 Å². The molecule has 6 nitrogen and oxygen atoms in total. The molecule has 2 amide bonds. The molecule has 1 aliphatic carbocycles. The predicted octanol–water partition coefficient (Wildman–Crippen LogP) is 3.48. The molecule has 4 rings (SSSR count). The molecule has 0 unspecified atom stereocenters. The van der Waals surface area contributed by atoms with Gasteiger partial charge in [0, 0.05) is 24.7 Å². The summed E-state index contributed by atoms with van der Waals surface area (Å²) in [7, 11) is 2.12. The molecule has 1 fully saturated rings. The van der Waals surface area contributed by atoms with E-state index in [4.69, 9.17) is 0 Å². The standard InChI is InChI=1S/C21H29N5O/c1-15-12-23-26(18-9-5-6-10-18)20(15)24-21(27)22-13-19-11-16-7-3-4-8-17(16)14-25(19)2/h3-4,7-8,12,18-19H,5-6,9-11,13-14H2,1-2H3,(H2,22,24,27)/t19-/m0/s1. The third kappa shape index (κ3) is 3.86. The Balaban J connectivity index is 1.36. The number of aromatic nitrogens is 2. The highest BCUT2D eigenvalue weighted by Gasteiger charge is 2.25. The molecule has 2 heterocycles. The first-order valence-electron chi connectivity index (χ1n) is 9.98. The van der Waals surface area contributed by atoms with Crippen molar-refractivity contribution in [3.05, 3.63) is 47.2 Å². The van der Waals surface area contributed by atoms with Crippen molar-refractivity contribution in [1.82, 2.24) is 20.0 Å². The van der Waals surface area contributed by atoms with E-state index in [9.17, 15) is 4.79 Å². The molecule has 27 heavy (non-hydrogen) atoms. The van der Waals surface area contributed by atoms with Crippen LogP contribution in [0.3, 0.4) is 0 Å². The van der Waals surface area contributed by atoms with E-state index < -0.39 is 0 Å². The van der Waals surface area contributed by atoms with E-state index in [-0.39, 0.29) is 6.03 Å². The predicted molar refractivity (Wildman–Crippen MR) is 107 cm³/mol. The smallest absolute Gasteiger partial charge is 0.320 e. The first kappa shape index (κ1) is 18.0. The number of amides is 2. The molecule has 0 saturated heterocycles. The summed E-state index contributed by atoms with van der Waals surface area (Å²) in [5, 5.41) is 10.6. The number of aryl methyl sites for hydroxylation is 1. The van der Waals surface area contributed by atoms with Crippen molar-refractivity contribution in [1.29, 1.82) is 0 Å². The lowest BCUT2D eigenvalue weighted by Gasteiger charge is -2.34. The molecule has 0 radical (unpaired) electrons. The van der Waals surface area contributed by atoms with E-state index >= 15 is 0 Å². The summed E-state index contributed by atoms with van der Waals surface area (Å²) in [5.41, 5.74) is 3.79. The quantitative estimate of drug-likeness (QED) is 0.870. The molecule has 0 spiro atoms. The van der Waals surface area contributed by atoms with Crippen LogP contribution in [0.5, 0.6) is 0 Å². The minimum atomic E-state index is -0.148. The van der Waals surface area contributed by atoms with E-state index in [0.717, 1.165) is 37.2 Å². The normalized spacial score (nSPS) is 20.4. The summed E-state index contributed by atoms with van der Waals surface area (Å²) in [4.78, 5) is 14.9. The molecule has 2 aliphatic rings. The highest BCUT2D eigenvalue weighted by molar-refractivity contribution is 5.89. The number of urea groups is 1. The lowest BCUT2D eigenvalue weighted by atomic mass is 9.94. The number of hydrogen-bond donors (Lipinski definition) is 2. The Morgan fingerprint density at radius 3 is 2.74 bits per heavy atom. The molecule has 1 aromatic carbocycles. The fourth-order valence-electron chi connectivity index (χ4n) is 4.34. The summed E-state index contributed by atoms with van der Waals surface area (Å²) < 4.78 is 2.00. The molecule has 1 saturated carbocycles. The summed E-state index contributed by atoms with van der Waals surface area (Å²) in [6.07, 6.45) is 7.58. The maximum Gasteiger partial charge on any atom is 0.320 e. The first-order chi connectivity index (χ1) is 13.1. The maximum atomic E-state index is 12.5. The van der Waals surface area contributed by atoms with E-state index in [1.807, 2.05) is 17.8 Å². The minimum absolute atomic E-state index is 0.148.